The van der Waals surface area contributed by atoms with Gasteiger partial charge in [-0.3, -0.25) is 0 Å². The van der Waals surface area contributed by atoms with Crippen LogP contribution in [0.25, 0.3) is 10.8 Å². The maximum absolute atomic E-state index is 11.9. The second kappa shape index (κ2) is 7.27. The molecule has 0 aliphatic rings. The fraction of sp³-hybridized carbons (Fsp3) is 0.312. The predicted molar refractivity (Wildman–Crippen MR) is 83.9 cm³/mol. The predicted octanol–water partition coefficient (Wildman–Crippen LogP) is 3.46. The molecule has 0 saturated heterocycles. The Balaban J connectivity index is 0.00000200. The summed E-state index contributed by atoms with van der Waals surface area (Å²) in [6, 6.07) is 12.9. The maximum Gasteiger partial charge on any atom is 0.327 e. The van der Waals surface area contributed by atoms with Gasteiger partial charge >= 0.3 is 5.97 Å². The molecule has 0 aliphatic carbocycles. The summed E-state index contributed by atoms with van der Waals surface area (Å²) < 4.78 is 5.20. The van der Waals surface area contributed by atoms with E-state index in [1.807, 2.05) is 56.3 Å². The summed E-state index contributed by atoms with van der Waals surface area (Å²) >= 11 is 0. The molecule has 2 aromatic carbocycles. The second-order valence-electron chi connectivity index (χ2n) is 5.07. The van der Waals surface area contributed by atoms with Crippen molar-refractivity contribution in [2.45, 2.75) is 19.9 Å². The first-order chi connectivity index (χ1) is 9.09. The molecule has 0 heterocycles. The molecule has 2 rings (SSSR count). The van der Waals surface area contributed by atoms with Crippen molar-refractivity contribution >= 4 is 29.1 Å². The molecule has 0 aliphatic heterocycles. The van der Waals surface area contributed by atoms with Gasteiger partial charge in [-0.05, 0) is 22.3 Å². The van der Waals surface area contributed by atoms with Crippen LogP contribution in [0.4, 0.5) is 0 Å². The van der Waals surface area contributed by atoms with E-state index in [9.17, 15) is 4.79 Å². The van der Waals surface area contributed by atoms with Gasteiger partial charge in [0.2, 0.25) is 0 Å². The Hall–Kier alpha value is -1.58. The van der Waals surface area contributed by atoms with E-state index >= 15 is 0 Å². The number of hydrogen-bond donors (Lipinski definition) is 1. The van der Waals surface area contributed by atoms with Crippen molar-refractivity contribution < 1.29 is 9.53 Å². The molecule has 0 radical (unpaired) electrons. The minimum absolute atomic E-state index is 0. The molecular formula is C16H20ClNO2. The van der Waals surface area contributed by atoms with E-state index in [1.54, 1.807) is 0 Å². The summed E-state index contributed by atoms with van der Waals surface area (Å²) in [7, 11) is 0. The van der Waals surface area contributed by atoms with Crippen molar-refractivity contribution in [1.29, 1.82) is 0 Å². The lowest BCUT2D eigenvalue weighted by Gasteiger charge is -2.15. The van der Waals surface area contributed by atoms with Crippen LogP contribution in [-0.2, 0) is 9.53 Å². The number of fused-ring (bicyclic) bond motifs is 1. The van der Waals surface area contributed by atoms with Crippen LogP contribution >= 0.6 is 12.4 Å². The molecule has 0 saturated carbocycles. The Morgan fingerprint density at radius 1 is 1.15 bits per heavy atom. The number of esters is 1. The zero-order valence-electron chi connectivity index (χ0n) is 11.7. The van der Waals surface area contributed by atoms with Crippen LogP contribution in [0.15, 0.2) is 42.5 Å². The Morgan fingerprint density at radius 3 is 2.50 bits per heavy atom. The largest absolute Gasteiger partial charge is 0.464 e. The molecule has 1 atom stereocenters. The third-order valence-corrected chi connectivity index (χ3v) is 2.97. The monoisotopic (exact) mass is 293 g/mol. The first kappa shape index (κ1) is 16.5. The third kappa shape index (κ3) is 3.71. The lowest BCUT2D eigenvalue weighted by molar-refractivity contribution is -0.146. The Labute approximate surface area is 125 Å². The number of nitrogens with two attached hydrogens (primary N) is 1. The van der Waals surface area contributed by atoms with Crippen molar-refractivity contribution in [1.82, 2.24) is 0 Å². The Morgan fingerprint density at radius 2 is 1.80 bits per heavy atom. The first-order valence-corrected chi connectivity index (χ1v) is 6.49. The fourth-order valence-electron chi connectivity index (χ4n) is 1.99. The summed E-state index contributed by atoms with van der Waals surface area (Å²) in [5.74, 6) is -0.0614. The molecule has 0 aromatic heterocycles. The Bertz CT molecular complexity index is 578. The van der Waals surface area contributed by atoms with Crippen molar-refractivity contribution in [3.63, 3.8) is 0 Å². The smallest absolute Gasteiger partial charge is 0.327 e. The molecule has 1 unspecified atom stereocenters. The van der Waals surface area contributed by atoms with E-state index in [0.29, 0.717) is 12.5 Å². The standard InChI is InChI=1S/C16H19NO2.ClH/c1-11(2)10-19-16(18)15(17)14-9-5-7-12-6-3-4-8-13(12)14;/h3-9,11,15H,10,17H2,1-2H3;1H. The van der Waals surface area contributed by atoms with Crippen LogP contribution in [0.1, 0.15) is 25.5 Å². The summed E-state index contributed by atoms with van der Waals surface area (Å²) in [6.07, 6.45) is 0. The summed E-state index contributed by atoms with van der Waals surface area (Å²) in [5, 5.41) is 2.08. The fourth-order valence-corrected chi connectivity index (χ4v) is 1.99. The van der Waals surface area contributed by atoms with Gasteiger partial charge in [0.1, 0.15) is 6.04 Å². The highest BCUT2D eigenvalue weighted by molar-refractivity contribution is 5.90. The van der Waals surface area contributed by atoms with Gasteiger partial charge in [-0.15, -0.1) is 12.4 Å². The van der Waals surface area contributed by atoms with Gasteiger partial charge < -0.3 is 10.5 Å². The summed E-state index contributed by atoms with van der Waals surface area (Å²) in [5.41, 5.74) is 6.83. The minimum Gasteiger partial charge on any atom is -0.464 e. The normalized spacial score (nSPS) is 12.0. The van der Waals surface area contributed by atoms with Gasteiger partial charge in [-0.1, -0.05) is 56.3 Å². The molecule has 0 amide bonds. The van der Waals surface area contributed by atoms with Crippen molar-refractivity contribution in [2.24, 2.45) is 11.7 Å². The SMILES string of the molecule is CC(C)COC(=O)C(N)c1cccc2ccccc12.Cl. The number of ether oxygens (including phenoxy) is 1. The van der Waals surface area contributed by atoms with E-state index in [-0.39, 0.29) is 18.4 Å². The van der Waals surface area contributed by atoms with E-state index in [0.717, 1.165) is 16.3 Å². The van der Waals surface area contributed by atoms with Crippen LogP contribution in [0, 0.1) is 5.92 Å². The van der Waals surface area contributed by atoms with E-state index < -0.39 is 6.04 Å². The zero-order chi connectivity index (χ0) is 13.8. The summed E-state index contributed by atoms with van der Waals surface area (Å²) in [4.78, 5) is 11.9. The molecular weight excluding hydrogens is 274 g/mol. The average molecular weight is 294 g/mol. The van der Waals surface area contributed by atoms with E-state index in [4.69, 9.17) is 10.5 Å². The van der Waals surface area contributed by atoms with Gasteiger partial charge in [0.15, 0.2) is 0 Å². The number of rotatable bonds is 4. The highest BCUT2D eigenvalue weighted by Crippen LogP contribution is 2.23. The van der Waals surface area contributed by atoms with Gasteiger partial charge in [-0.25, -0.2) is 4.79 Å². The van der Waals surface area contributed by atoms with Crippen molar-refractivity contribution in [2.75, 3.05) is 6.61 Å². The molecule has 0 bridgehead atoms. The van der Waals surface area contributed by atoms with Crippen LogP contribution in [-0.4, -0.2) is 12.6 Å². The molecule has 2 aromatic rings. The van der Waals surface area contributed by atoms with E-state index in [2.05, 4.69) is 0 Å². The summed E-state index contributed by atoms with van der Waals surface area (Å²) in [6.45, 7) is 4.39. The third-order valence-electron chi connectivity index (χ3n) is 2.97. The number of benzene rings is 2. The maximum atomic E-state index is 11.9. The van der Waals surface area contributed by atoms with Gasteiger partial charge in [0.25, 0.3) is 0 Å². The van der Waals surface area contributed by atoms with Crippen LogP contribution < -0.4 is 5.73 Å². The second-order valence-corrected chi connectivity index (χ2v) is 5.07. The highest BCUT2D eigenvalue weighted by atomic mass is 35.5. The lowest BCUT2D eigenvalue weighted by Crippen LogP contribution is -2.25. The molecule has 2 N–H and O–H groups in total. The van der Waals surface area contributed by atoms with Crippen LogP contribution in [0.3, 0.4) is 0 Å². The van der Waals surface area contributed by atoms with Crippen molar-refractivity contribution in [3.8, 4) is 0 Å². The van der Waals surface area contributed by atoms with E-state index in [1.165, 1.54) is 0 Å². The first-order valence-electron chi connectivity index (χ1n) is 6.49. The topological polar surface area (TPSA) is 52.3 Å². The molecule has 0 spiro atoms. The number of carbonyl (C=O) groups excluding carboxylic acids is 1. The average Bonchev–Trinajstić information content (AvgIpc) is 2.43. The quantitative estimate of drug-likeness (QED) is 0.878. The Kier molecular flexibility index (Phi) is 5.99. The number of carbonyl (C=O) groups is 1. The number of hydrogen-bond acceptors (Lipinski definition) is 3. The zero-order valence-corrected chi connectivity index (χ0v) is 12.5. The van der Waals surface area contributed by atoms with Crippen molar-refractivity contribution in [3.05, 3.63) is 48.0 Å². The molecule has 4 heteroatoms. The van der Waals surface area contributed by atoms with Gasteiger partial charge in [0, 0.05) is 0 Å². The molecule has 0 fully saturated rings. The van der Waals surface area contributed by atoms with Crippen LogP contribution in [0.5, 0.6) is 0 Å². The molecule has 3 nitrogen and oxygen atoms in total. The van der Waals surface area contributed by atoms with Gasteiger partial charge in [-0.2, -0.15) is 0 Å². The lowest BCUT2D eigenvalue weighted by atomic mass is 9.99. The minimum atomic E-state index is -0.732. The van der Waals surface area contributed by atoms with Gasteiger partial charge in [0.05, 0.1) is 6.61 Å². The molecule has 20 heavy (non-hydrogen) atoms. The highest BCUT2D eigenvalue weighted by Gasteiger charge is 2.19. The van der Waals surface area contributed by atoms with Crippen LogP contribution in [0.2, 0.25) is 0 Å². The molecule has 108 valence electrons. The number of halogens is 1.